The number of hydrogen-bond acceptors (Lipinski definition) is 2. The van der Waals surface area contributed by atoms with Gasteiger partial charge in [0.05, 0.1) is 16.5 Å². The molecule has 2 rings (SSSR count). The Kier molecular flexibility index (Phi) is 4.87. The van der Waals surface area contributed by atoms with Crippen LogP contribution in [-0.4, -0.2) is 25.0 Å². The lowest BCUT2D eigenvalue weighted by Gasteiger charge is -2.23. The van der Waals surface area contributed by atoms with Crippen molar-refractivity contribution in [3.05, 3.63) is 33.8 Å². The van der Waals surface area contributed by atoms with Crippen LogP contribution in [0, 0.1) is 0 Å². The number of rotatable bonds is 3. The van der Waals surface area contributed by atoms with Crippen LogP contribution < -0.4 is 10.6 Å². The van der Waals surface area contributed by atoms with Crippen molar-refractivity contribution in [1.29, 1.82) is 0 Å². The lowest BCUT2D eigenvalue weighted by molar-refractivity contribution is -0.121. The summed E-state index contributed by atoms with van der Waals surface area (Å²) >= 11 is 11.7. The summed E-state index contributed by atoms with van der Waals surface area (Å²) in [6, 6.07) is 5.53. The Morgan fingerprint density at radius 2 is 2.22 bits per heavy atom. The molecule has 0 saturated carbocycles. The Morgan fingerprint density at radius 3 is 2.89 bits per heavy atom. The van der Waals surface area contributed by atoms with Crippen LogP contribution in [0.4, 0.5) is 0 Å². The molecule has 1 fully saturated rings. The molecule has 1 unspecified atom stereocenters. The van der Waals surface area contributed by atoms with Crippen molar-refractivity contribution >= 4 is 29.1 Å². The van der Waals surface area contributed by atoms with E-state index in [0.29, 0.717) is 16.5 Å². The van der Waals surface area contributed by atoms with Gasteiger partial charge < -0.3 is 10.6 Å². The number of benzene rings is 1. The highest BCUT2D eigenvalue weighted by Crippen LogP contribution is 2.22. The van der Waals surface area contributed by atoms with Crippen molar-refractivity contribution in [3.63, 3.8) is 0 Å². The second kappa shape index (κ2) is 6.41. The maximum atomic E-state index is 11.9. The highest BCUT2D eigenvalue weighted by molar-refractivity contribution is 6.42. The molecule has 1 aliphatic rings. The molecular weight excluding hydrogens is 271 g/mol. The van der Waals surface area contributed by atoms with E-state index in [1.807, 2.05) is 6.07 Å². The molecule has 1 aliphatic heterocycles. The van der Waals surface area contributed by atoms with E-state index in [-0.39, 0.29) is 11.9 Å². The van der Waals surface area contributed by atoms with Crippen molar-refractivity contribution < 1.29 is 4.79 Å². The summed E-state index contributed by atoms with van der Waals surface area (Å²) in [6.07, 6.45) is 2.49. The zero-order valence-electron chi connectivity index (χ0n) is 10.0. The summed E-state index contributed by atoms with van der Waals surface area (Å²) in [7, 11) is 0. The Balaban J connectivity index is 1.88. The number of carbonyl (C=O) groups excluding carboxylic acids is 1. The normalized spacial score (nSPS) is 19.6. The van der Waals surface area contributed by atoms with Gasteiger partial charge >= 0.3 is 0 Å². The Morgan fingerprint density at radius 1 is 1.39 bits per heavy atom. The summed E-state index contributed by atoms with van der Waals surface area (Å²) in [5.41, 5.74) is 0.880. The van der Waals surface area contributed by atoms with E-state index < -0.39 is 0 Å². The molecule has 0 radical (unpaired) electrons. The zero-order chi connectivity index (χ0) is 13.0. The van der Waals surface area contributed by atoms with Gasteiger partial charge in [-0.2, -0.15) is 0 Å². The maximum absolute atomic E-state index is 11.9. The van der Waals surface area contributed by atoms with E-state index in [9.17, 15) is 4.79 Å². The van der Waals surface area contributed by atoms with E-state index in [1.54, 1.807) is 12.1 Å². The van der Waals surface area contributed by atoms with Crippen LogP contribution in [0.2, 0.25) is 10.0 Å². The number of piperidine rings is 1. The van der Waals surface area contributed by atoms with Crippen LogP contribution in [0.25, 0.3) is 0 Å². The van der Waals surface area contributed by atoms with Gasteiger partial charge in [0.15, 0.2) is 0 Å². The molecule has 1 saturated heterocycles. The summed E-state index contributed by atoms with van der Waals surface area (Å²) in [5, 5.41) is 7.29. The summed E-state index contributed by atoms with van der Waals surface area (Å²) < 4.78 is 0. The van der Waals surface area contributed by atoms with Crippen LogP contribution in [0.1, 0.15) is 18.4 Å². The van der Waals surface area contributed by atoms with Crippen LogP contribution in [-0.2, 0) is 11.2 Å². The van der Waals surface area contributed by atoms with Crippen molar-refractivity contribution in [2.24, 2.45) is 0 Å². The minimum atomic E-state index is 0.0297. The lowest BCUT2D eigenvalue weighted by atomic mass is 10.1. The minimum Gasteiger partial charge on any atom is -0.352 e. The summed E-state index contributed by atoms with van der Waals surface area (Å²) in [5.74, 6) is 0.0297. The molecule has 1 aromatic carbocycles. The summed E-state index contributed by atoms with van der Waals surface area (Å²) in [6.45, 7) is 1.90. The van der Waals surface area contributed by atoms with E-state index >= 15 is 0 Å². The molecule has 0 spiro atoms. The Labute approximate surface area is 117 Å². The first-order chi connectivity index (χ1) is 8.65. The first-order valence-corrected chi connectivity index (χ1v) is 6.85. The van der Waals surface area contributed by atoms with Crippen LogP contribution in [0.3, 0.4) is 0 Å². The topological polar surface area (TPSA) is 41.1 Å². The first kappa shape index (κ1) is 13.7. The van der Waals surface area contributed by atoms with Gasteiger partial charge in [0.2, 0.25) is 5.91 Å². The predicted molar refractivity (Wildman–Crippen MR) is 74.2 cm³/mol. The number of carbonyl (C=O) groups is 1. The van der Waals surface area contributed by atoms with Gasteiger partial charge in [0.25, 0.3) is 0 Å². The van der Waals surface area contributed by atoms with Gasteiger partial charge in [0.1, 0.15) is 0 Å². The maximum Gasteiger partial charge on any atom is 0.224 e. The molecule has 5 heteroatoms. The molecular formula is C13H16Cl2N2O. The van der Waals surface area contributed by atoms with Crippen LogP contribution in [0.15, 0.2) is 18.2 Å². The van der Waals surface area contributed by atoms with Crippen molar-refractivity contribution in [2.75, 3.05) is 13.1 Å². The fourth-order valence-electron chi connectivity index (χ4n) is 2.09. The number of halogens is 2. The highest BCUT2D eigenvalue weighted by atomic mass is 35.5. The van der Waals surface area contributed by atoms with Crippen LogP contribution in [0.5, 0.6) is 0 Å². The van der Waals surface area contributed by atoms with E-state index in [2.05, 4.69) is 10.6 Å². The minimum absolute atomic E-state index is 0.0297. The zero-order valence-corrected chi connectivity index (χ0v) is 11.5. The molecule has 18 heavy (non-hydrogen) atoms. The van der Waals surface area contributed by atoms with E-state index in [4.69, 9.17) is 23.2 Å². The van der Waals surface area contributed by atoms with Crippen molar-refractivity contribution in [1.82, 2.24) is 10.6 Å². The van der Waals surface area contributed by atoms with Crippen LogP contribution >= 0.6 is 23.2 Å². The fraction of sp³-hybridized carbons (Fsp3) is 0.462. The fourth-order valence-corrected chi connectivity index (χ4v) is 2.41. The van der Waals surface area contributed by atoms with Gasteiger partial charge in [-0.1, -0.05) is 29.3 Å². The second-order valence-corrected chi connectivity index (χ2v) is 5.35. The molecule has 1 atom stereocenters. The van der Waals surface area contributed by atoms with Gasteiger partial charge in [0, 0.05) is 12.6 Å². The predicted octanol–water partition coefficient (Wildman–Crippen LogP) is 2.40. The number of amides is 1. The molecule has 1 amide bonds. The smallest absolute Gasteiger partial charge is 0.224 e. The largest absolute Gasteiger partial charge is 0.352 e. The standard InChI is InChI=1S/C13H16Cl2N2O/c14-11-4-3-9(6-12(11)15)7-13(18)17-10-2-1-5-16-8-10/h3-4,6,10,16H,1-2,5,7-8H2,(H,17,18). The van der Waals surface area contributed by atoms with Gasteiger partial charge in [-0.3, -0.25) is 4.79 Å². The molecule has 2 N–H and O–H groups in total. The van der Waals surface area contributed by atoms with Gasteiger partial charge in [-0.25, -0.2) is 0 Å². The molecule has 1 heterocycles. The van der Waals surface area contributed by atoms with Crippen molar-refractivity contribution in [3.8, 4) is 0 Å². The SMILES string of the molecule is O=C(Cc1ccc(Cl)c(Cl)c1)NC1CCCNC1. The molecule has 3 nitrogen and oxygen atoms in total. The average Bonchev–Trinajstić information content (AvgIpc) is 2.35. The average molecular weight is 287 g/mol. The van der Waals surface area contributed by atoms with E-state index in [1.165, 1.54) is 0 Å². The highest BCUT2D eigenvalue weighted by Gasteiger charge is 2.15. The monoisotopic (exact) mass is 286 g/mol. The molecule has 98 valence electrons. The third kappa shape index (κ3) is 3.87. The summed E-state index contributed by atoms with van der Waals surface area (Å²) in [4.78, 5) is 11.9. The third-order valence-electron chi connectivity index (χ3n) is 3.01. The molecule has 1 aromatic rings. The van der Waals surface area contributed by atoms with E-state index in [0.717, 1.165) is 31.5 Å². The molecule has 0 bridgehead atoms. The number of hydrogen-bond donors (Lipinski definition) is 2. The quantitative estimate of drug-likeness (QED) is 0.896. The van der Waals surface area contributed by atoms with Gasteiger partial charge in [-0.15, -0.1) is 0 Å². The third-order valence-corrected chi connectivity index (χ3v) is 3.75. The van der Waals surface area contributed by atoms with Gasteiger partial charge in [-0.05, 0) is 37.1 Å². The lowest BCUT2D eigenvalue weighted by Crippen LogP contribution is -2.46. The molecule has 0 aromatic heterocycles. The Bertz CT molecular complexity index is 431. The second-order valence-electron chi connectivity index (χ2n) is 4.54. The number of nitrogens with one attached hydrogen (secondary N) is 2. The van der Waals surface area contributed by atoms with Crippen molar-refractivity contribution in [2.45, 2.75) is 25.3 Å². The first-order valence-electron chi connectivity index (χ1n) is 6.09. The molecule has 0 aliphatic carbocycles. The Hall–Kier alpha value is -0.770.